The van der Waals surface area contributed by atoms with E-state index < -0.39 is 0 Å². The molecule has 0 aliphatic heterocycles. The number of hydrogen-bond donors (Lipinski definition) is 1. The molecule has 0 spiro atoms. The van der Waals surface area contributed by atoms with Crippen LogP contribution >= 0.6 is 0 Å². The molecular formula is C14H25N3O. The van der Waals surface area contributed by atoms with Gasteiger partial charge in [-0.2, -0.15) is 0 Å². The number of nitrogens with one attached hydrogen (secondary N) is 1. The minimum Gasteiger partial charge on any atom is -0.473 e. The van der Waals surface area contributed by atoms with Crippen LogP contribution in [-0.2, 0) is 6.54 Å². The van der Waals surface area contributed by atoms with Gasteiger partial charge in [0.25, 0.3) is 0 Å². The first kappa shape index (κ1) is 14.9. The lowest BCUT2D eigenvalue weighted by Crippen LogP contribution is -2.21. The molecule has 0 fully saturated rings. The molecule has 1 rings (SSSR count). The van der Waals surface area contributed by atoms with E-state index in [0.717, 1.165) is 18.8 Å². The van der Waals surface area contributed by atoms with E-state index in [2.05, 4.69) is 43.0 Å². The maximum atomic E-state index is 5.68. The molecule has 1 unspecified atom stereocenters. The van der Waals surface area contributed by atoms with Crippen molar-refractivity contribution in [2.24, 2.45) is 11.8 Å². The maximum Gasteiger partial charge on any atom is 0.232 e. The molecule has 4 heteroatoms. The Balaban J connectivity index is 2.42. The number of hydrogen-bond acceptors (Lipinski definition) is 4. The molecule has 102 valence electrons. The van der Waals surface area contributed by atoms with Crippen molar-refractivity contribution in [2.45, 2.75) is 47.3 Å². The van der Waals surface area contributed by atoms with Crippen LogP contribution in [-0.4, -0.2) is 22.6 Å². The van der Waals surface area contributed by atoms with Crippen LogP contribution in [0.1, 0.15) is 40.3 Å². The summed E-state index contributed by atoms with van der Waals surface area (Å²) in [6, 6.07) is 0. The van der Waals surface area contributed by atoms with Gasteiger partial charge in [-0.05, 0) is 25.3 Å². The van der Waals surface area contributed by atoms with E-state index in [1.807, 2.05) is 6.92 Å². The highest BCUT2D eigenvalue weighted by Crippen LogP contribution is 2.11. The van der Waals surface area contributed by atoms with E-state index >= 15 is 0 Å². The number of rotatable bonds is 7. The van der Waals surface area contributed by atoms with Gasteiger partial charge in [0.05, 0.1) is 24.2 Å². The first-order valence-electron chi connectivity index (χ1n) is 6.67. The standard InChI is InChI=1S/C14H25N3O/c1-10(2)6-15-7-13-8-17-14(9-16-13)18-12(5)11(3)4/h8-12,15H,6-7H2,1-5H3. The van der Waals surface area contributed by atoms with E-state index in [1.165, 1.54) is 0 Å². The first-order valence-corrected chi connectivity index (χ1v) is 6.67. The zero-order chi connectivity index (χ0) is 13.5. The molecule has 18 heavy (non-hydrogen) atoms. The minimum absolute atomic E-state index is 0.157. The van der Waals surface area contributed by atoms with Crippen LogP contribution in [0.3, 0.4) is 0 Å². The van der Waals surface area contributed by atoms with Crippen LogP contribution in [0, 0.1) is 11.8 Å². The van der Waals surface area contributed by atoms with Crippen LogP contribution < -0.4 is 10.1 Å². The molecular weight excluding hydrogens is 226 g/mol. The molecule has 0 saturated heterocycles. The maximum absolute atomic E-state index is 5.68. The molecule has 0 aromatic carbocycles. The van der Waals surface area contributed by atoms with Gasteiger partial charge in [0.2, 0.25) is 5.88 Å². The summed E-state index contributed by atoms with van der Waals surface area (Å²) in [6.45, 7) is 12.4. The fourth-order valence-corrected chi connectivity index (χ4v) is 1.31. The number of nitrogens with zero attached hydrogens (tertiary/aromatic N) is 2. The van der Waals surface area contributed by atoms with Crippen LogP contribution in [0.15, 0.2) is 12.4 Å². The normalized spacial score (nSPS) is 13.1. The van der Waals surface area contributed by atoms with E-state index in [-0.39, 0.29) is 6.10 Å². The smallest absolute Gasteiger partial charge is 0.232 e. The Kier molecular flexibility index (Phi) is 6.05. The number of aromatic nitrogens is 2. The summed E-state index contributed by atoms with van der Waals surface area (Å²) in [5, 5.41) is 3.34. The van der Waals surface area contributed by atoms with Crippen molar-refractivity contribution in [2.75, 3.05) is 6.54 Å². The lowest BCUT2D eigenvalue weighted by Gasteiger charge is -2.16. The second kappa shape index (κ2) is 7.31. The van der Waals surface area contributed by atoms with Crippen molar-refractivity contribution < 1.29 is 4.74 Å². The van der Waals surface area contributed by atoms with Gasteiger partial charge >= 0.3 is 0 Å². The first-order chi connectivity index (χ1) is 8.49. The van der Waals surface area contributed by atoms with Crippen LogP contribution in [0.5, 0.6) is 5.88 Å². The van der Waals surface area contributed by atoms with E-state index in [0.29, 0.717) is 17.7 Å². The summed E-state index contributed by atoms with van der Waals surface area (Å²) in [4.78, 5) is 8.61. The van der Waals surface area contributed by atoms with E-state index in [1.54, 1.807) is 12.4 Å². The molecule has 1 N–H and O–H groups in total. The third kappa shape index (κ3) is 5.45. The molecule has 0 amide bonds. The Labute approximate surface area is 110 Å². The van der Waals surface area contributed by atoms with Gasteiger partial charge in [0, 0.05) is 6.54 Å². The van der Waals surface area contributed by atoms with Crippen molar-refractivity contribution in [1.82, 2.24) is 15.3 Å². The zero-order valence-corrected chi connectivity index (χ0v) is 12.1. The summed E-state index contributed by atoms with van der Waals surface area (Å²) < 4.78 is 5.68. The van der Waals surface area contributed by atoms with E-state index in [9.17, 15) is 0 Å². The predicted octanol–water partition coefficient (Wildman–Crippen LogP) is 2.65. The minimum atomic E-state index is 0.157. The summed E-state index contributed by atoms with van der Waals surface area (Å²) in [5.41, 5.74) is 0.945. The molecule has 1 atom stereocenters. The fourth-order valence-electron chi connectivity index (χ4n) is 1.31. The number of ether oxygens (including phenoxy) is 1. The van der Waals surface area contributed by atoms with Gasteiger partial charge in [-0.1, -0.05) is 27.7 Å². The van der Waals surface area contributed by atoms with Crippen molar-refractivity contribution in [3.05, 3.63) is 18.1 Å². The fraction of sp³-hybridized carbons (Fsp3) is 0.714. The Hall–Kier alpha value is -1.16. The molecule has 4 nitrogen and oxygen atoms in total. The van der Waals surface area contributed by atoms with Crippen molar-refractivity contribution in [3.63, 3.8) is 0 Å². The second-order valence-electron chi connectivity index (χ2n) is 5.44. The SMILES string of the molecule is CC(C)CNCc1cnc(OC(C)C(C)C)cn1. The molecule has 0 aliphatic rings. The third-order valence-corrected chi connectivity index (χ3v) is 2.79. The third-order valence-electron chi connectivity index (χ3n) is 2.79. The van der Waals surface area contributed by atoms with Crippen molar-refractivity contribution in [3.8, 4) is 5.88 Å². The van der Waals surface area contributed by atoms with Crippen molar-refractivity contribution in [1.29, 1.82) is 0 Å². The summed E-state index contributed by atoms with van der Waals surface area (Å²) >= 11 is 0. The second-order valence-corrected chi connectivity index (χ2v) is 5.44. The highest BCUT2D eigenvalue weighted by molar-refractivity contribution is 5.07. The van der Waals surface area contributed by atoms with Gasteiger partial charge in [-0.3, -0.25) is 4.98 Å². The molecule has 0 bridgehead atoms. The highest BCUT2D eigenvalue weighted by atomic mass is 16.5. The van der Waals surface area contributed by atoms with Gasteiger partial charge in [-0.15, -0.1) is 0 Å². The quantitative estimate of drug-likeness (QED) is 0.809. The average Bonchev–Trinajstić information content (AvgIpc) is 2.30. The Morgan fingerprint density at radius 2 is 1.83 bits per heavy atom. The zero-order valence-electron chi connectivity index (χ0n) is 12.1. The van der Waals surface area contributed by atoms with Gasteiger partial charge < -0.3 is 10.1 Å². The molecule has 0 aliphatic carbocycles. The highest BCUT2D eigenvalue weighted by Gasteiger charge is 2.09. The van der Waals surface area contributed by atoms with Crippen molar-refractivity contribution >= 4 is 0 Å². The molecule has 1 aromatic heterocycles. The predicted molar refractivity (Wildman–Crippen MR) is 73.5 cm³/mol. The summed E-state index contributed by atoms with van der Waals surface area (Å²) in [5.74, 6) is 1.72. The molecule has 1 aromatic rings. The van der Waals surface area contributed by atoms with Crippen LogP contribution in [0.4, 0.5) is 0 Å². The van der Waals surface area contributed by atoms with Gasteiger partial charge in [0.15, 0.2) is 0 Å². The lowest BCUT2D eigenvalue weighted by molar-refractivity contribution is 0.162. The largest absolute Gasteiger partial charge is 0.473 e. The average molecular weight is 251 g/mol. The monoisotopic (exact) mass is 251 g/mol. The Morgan fingerprint density at radius 1 is 1.11 bits per heavy atom. The van der Waals surface area contributed by atoms with Gasteiger partial charge in [0.1, 0.15) is 0 Å². The van der Waals surface area contributed by atoms with Gasteiger partial charge in [-0.25, -0.2) is 4.98 Å². The lowest BCUT2D eigenvalue weighted by atomic mass is 10.1. The van der Waals surface area contributed by atoms with E-state index in [4.69, 9.17) is 4.74 Å². The summed E-state index contributed by atoms with van der Waals surface area (Å²) in [7, 11) is 0. The topological polar surface area (TPSA) is 47.0 Å². The molecule has 0 saturated carbocycles. The van der Waals surface area contributed by atoms with Crippen LogP contribution in [0.2, 0.25) is 0 Å². The Morgan fingerprint density at radius 3 is 2.33 bits per heavy atom. The summed E-state index contributed by atoms with van der Waals surface area (Å²) in [6.07, 6.45) is 3.63. The Bertz CT molecular complexity index is 335. The van der Waals surface area contributed by atoms with Crippen LogP contribution in [0.25, 0.3) is 0 Å². The molecule has 0 radical (unpaired) electrons. The molecule has 1 heterocycles.